The highest BCUT2D eigenvalue weighted by atomic mass is 16.5. The average Bonchev–Trinajstić information content (AvgIpc) is 2.20. The van der Waals surface area contributed by atoms with Crippen molar-refractivity contribution in [3.63, 3.8) is 0 Å². The van der Waals surface area contributed by atoms with E-state index in [9.17, 15) is 4.79 Å². The molecule has 0 aromatic carbocycles. The third-order valence-corrected chi connectivity index (χ3v) is 2.91. The van der Waals surface area contributed by atoms with Gasteiger partial charge in [0.15, 0.2) is 0 Å². The summed E-state index contributed by atoms with van der Waals surface area (Å²) >= 11 is 0. The Kier molecular flexibility index (Phi) is 3.75. The molecule has 1 amide bonds. The van der Waals surface area contributed by atoms with Crippen LogP contribution in [0.3, 0.4) is 0 Å². The predicted octanol–water partition coefficient (Wildman–Crippen LogP) is 1.77. The molecule has 2 unspecified atom stereocenters. The first-order valence-corrected chi connectivity index (χ1v) is 4.92. The van der Waals surface area contributed by atoms with Gasteiger partial charge in [0.2, 0.25) is 0 Å². The molecule has 1 rings (SSSR count). The van der Waals surface area contributed by atoms with Gasteiger partial charge in [-0.25, -0.2) is 4.79 Å². The molecule has 0 aliphatic carbocycles. The number of methoxy groups -OCH3 is 1. The highest BCUT2D eigenvalue weighted by Gasteiger charge is 2.31. The Morgan fingerprint density at radius 3 is 3.00 bits per heavy atom. The quantitative estimate of drug-likeness (QED) is 0.642. The van der Waals surface area contributed by atoms with E-state index in [2.05, 4.69) is 6.07 Å². The summed E-state index contributed by atoms with van der Waals surface area (Å²) in [5.74, 6) is 0.299. The Labute approximate surface area is 84.4 Å². The predicted molar refractivity (Wildman–Crippen MR) is 51.5 cm³/mol. The molecule has 0 N–H and O–H groups in total. The molecule has 1 fully saturated rings. The third kappa shape index (κ3) is 2.16. The van der Waals surface area contributed by atoms with Crippen molar-refractivity contribution in [3.8, 4) is 6.07 Å². The normalized spacial score (nSPS) is 26.8. The molecule has 1 saturated heterocycles. The molecule has 4 nitrogen and oxygen atoms in total. The van der Waals surface area contributed by atoms with E-state index in [-0.39, 0.29) is 12.1 Å². The van der Waals surface area contributed by atoms with E-state index in [0.717, 1.165) is 19.4 Å². The molecule has 1 aliphatic rings. The minimum absolute atomic E-state index is 0.121. The highest BCUT2D eigenvalue weighted by molar-refractivity contribution is 5.67. The molecule has 1 aliphatic heterocycles. The Morgan fingerprint density at radius 2 is 2.43 bits per heavy atom. The summed E-state index contributed by atoms with van der Waals surface area (Å²) in [6.07, 6.45) is 2.24. The van der Waals surface area contributed by atoms with Gasteiger partial charge in [-0.2, -0.15) is 5.26 Å². The number of nitrogens with zero attached hydrogens (tertiary/aromatic N) is 2. The fraction of sp³-hybridized carbons (Fsp3) is 0.800. The van der Waals surface area contributed by atoms with Gasteiger partial charge in [0.25, 0.3) is 0 Å². The number of ether oxygens (including phenoxy) is 1. The topological polar surface area (TPSA) is 53.3 Å². The summed E-state index contributed by atoms with van der Waals surface area (Å²) in [5.41, 5.74) is 0. The van der Waals surface area contributed by atoms with Gasteiger partial charge in [0.1, 0.15) is 0 Å². The number of amides is 1. The summed E-state index contributed by atoms with van der Waals surface area (Å²) in [6.45, 7) is 2.73. The van der Waals surface area contributed by atoms with Gasteiger partial charge in [0.05, 0.1) is 13.2 Å². The largest absolute Gasteiger partial charge is 0.453 e. The van der Waals surface area contributed by atoms with Gasteiger partial charge in [-0.3, -0.25) is 0 Å². The van der Waals surface area contributed by atoms with E-state index in [1.165, 1.54) is 7.11 Å². The molecule has 0 saturated carbocycles. The van der Waals surface area contributed by atoms with Crippen molar-refractivity contribution in [2.45, 2.75) is 32.2 Å². The van der Waals surface area contributed by atoms with Crippen molar-refractivity contribution in [1.29, 1.82) is 5.26 Å². The second-order valence-electron chi connectivity index (χ2n) is 3.67. The lowest BCUT2D eigenvalue weighted by Gasteiger charge is -2.37. The maximum atomic E-state index is 11.3. The molecule has 0 aromatic heterocycles. The first-order valence-electron chi connectivity index (χ1n) is 4.92. The average molecular weight is 196 g/mol. The Bertz CT molecular complexity index is 247. The molecule has 14 heavy (non-hydrogen) atoms. The highest BCUT2D eigenvalue weighted by Crippen LogP contribution is 2.26. The smallest absolute Gasteiger partial charge is 0.409 e. The molecular weight excluding hydrogens is 180 g/mol. The first kappa shape index (κ1) is 10.8. The van der Waals surface area contributed by atoms with E-state index in [1.54, 1.807) is 4.90 Å². The van der Waals surface area contributed by atoms with Gasteiger partial charge in [-0.05, 0) is 25.7 Å². The van der Waals surface area contributed by atoms with Crippen LogP contribution >= 0.6 is 0 Å². The molecule has 0 radical (unpaired) electrons. The molecule has 2 atom stereocenters. The fourth-order valence-corrected chi connectivity index (χ4v) is 1.99. The molecule has 0 bridgehead atoms. The number of hydrogen-bond donors (Lipinski definition) is 0. The van der Waals surface area contributed by atoms with E-state index in [4.69, 9.17) is 10.00 Å². The van der Waals surface area contributed by atoms with Crippen LogP contribution in [0.15, 0.2) is 0 Å². The lowest BCUT2D eigenvalue weighted by atomic mass is 9.88. The van der Waals surface area contributed by atoms with Crippen LogP contribution in [-0.2, 0) is 4.74 Å². The zero-order chi connectivity index (χ0) is 10.6. The fourth-order valence-electron chi connectivity index (χ4n) is 1.99. The third-order valence-electron chi connectivity index (χ3n) is 2.91. The summed E-state index contributed by atoms with van der Waals surface area (Å²) in [4.78, 5) is 13.1. The molecular formula is C10H16N2O2. The maximum absolute atomic E-state index is 11.3. The monoisotopic (exact) mass is 196 g/mol. The zero-order valence-corrected chi connectivity index (χ0v) is 8.69. The minimum atomic E-state index is -0.278. The Morgan fingerprint density at radius 1 is 1.71 bits per heavy atom. The Balaban J connectivity index is 2.61. The van der Waals surface area contributed by atoms with Crippen LogP contribution in [0, 0.1) is 17.2 Å². The maximum Gasteiger partial charge on any atom is 0.409 e. The van der Waals surface area contributed by atoms with Crippen molar-refractivity contribution in [2.75, 3.05) is 13.7 Å². The van der Waals surface area contributed by atoms with Crippen molar-refractivity contribution in [2.24, 2.45) is 5.92 Å². The van der Waals surface area contributed by atoms with Gasteiger partial charge in [-0.15, -0.1) is 0 Å². The lowest BCUT2D eigenvalue weighted by molar-refractivity contribution is 0.0730. The molecule has 4 heteroatoms. The van der Waals surface area contributed by atoms with Gasteiger partial charge in [-0.1, -0.05) is 0 Å². The first-order chi connectivity index (χ1) is 6.70. The molecule has 1 heterocycles. The van der Waals surface area contributed by atoms with Crippen LogP contribution in [0.4, 0.5) is 4.79 Å². The van der Waals surface area contributed by atoms with Crippen LogP contribution in [0.2, 0.25) is 0 Å². The summed E-state index contributed by atoms with van der Waals surface area (Å²) < 4.78 is 4.69. The van der Waals surface area contributed by atoms with Crippen molar-refractivity contribution in [3.05, 3.63) is 0 Å². The SMILES string of the molecule is COC(=O)N1CCCC(CC#N)C1C. The lowest BCUT2D eigenvalue weighted by Crippen LogP contribution is -2.46. The number of piperidine rings is 1. The minimum Gasteiger partial charge on any atom is -0.453 e. The van der Waals surface area contributed by atoms with E-state index >= 15 is 0 Å². The summed E-state index contributed by atoms with van der Waals surface area (Å²) in [5, 5.41) is 8.63. The van der Waals surface area contributed by atoms with Gasteiger partial charge < -0.3 is 9.64 Å². The number of rotatable bonds is 1. The van der Waals surface area contributed by atoms with E-state index in [0.29, 0.717) is 12.3 Å². The molecule has 78 valence electrons. The van der Waals surface area contributed by atoms with Crippen molar-refractivity contribution in [1.82, 2.24) is 4.90 Å². The van der Waals surface area contributed by atoms with Gasteiger partial charge >= 0.3 is 6.09 Å². The van der Waals surface area contributed by atoms with Crippen molar-refractivity contribution < 1.29 is 9.53 Å². The molecule has 0 aromatic rings. The number of nitriles is 1. The van der Waals surface area contributed by atoms with E-state index in [1.807, 2.05) is 6.92 Å². The van der Waals surface area contributed by atoms with Crippen LogP contribution in [0.25, 0.3) is 0 Å². The summed E-state index contributed by atoms with van der Waals surface area (Å²) in [7, 11) is 1.39. The van der Waals surface area contributed by atoms with Gasteiger partial charge in [0, 0.05) is 19.0 Å². The second-order valence-corrected chi connectivity index (χ2v) is 3.67. The van der Waals surface area contributed by atoms with Crippen LogP contribution in [0.1, 0.15) is 26.2 Å². The van der Waals surface area contributed by atoms with Crippen LogP contribution in [-0.4, -0.2) is 30.7 Å². The Hall–Kier alpha value is -1.24. The van der Waals surface area contributed by atoms with Crippen molar-refractivity contribution >= 4 is 6.09 Å². The number of carbonyl (C=O) groups is 1. The van der Waals surface area contributed by atoms with Crippen LogP contribution in [0.5, 0.6) is 0 Å². The molecule has 0 spiro atoms. The number of carbonyl (C=O) groups excluding carboxylic acids is 1. The number of likely N-dealkylation sites (tertiary alicyclic amines) is 1. The summed E-state index contributed by atoms with van der Waals surface area (Å²) in [6, 6.07) is 2.29. The standard InChI is InChI=1S/C10H16N2O2/c1-8-9(5-6-11)4-3-7-12(8)10(13)14-2/h8-9H,3-5,7H2,1-2H3. The second kappa shape index (κ2) is 4.85. The van der Waals surface area contributed by atoms with E-state index < -0.39 is 0 Å². The zero-order valence-electron chi connectivity index (χ0n) is 8.69. The number of hydrogen-bond acceptors (Lipinski definition) is 3. The van der Waals surface area contributed by atoms with Crippen LogP contribution < -0.4 is 0 Å².